The zero-order valence-electron chi connectivity index (χ0n) is 6.33. The summed E-state index contributed by atoms with van der Waals surface area (Å²) >= 11 is 0. The van der Waals surface area contributed by atoms with Crippen LogP contribution in [0.1, 0.15) is 12.1 Å². The van der Waals surface area contributed by atoms with E-state index < -0.39 is 0 Å². The lowest BCUT2D eigenvalue weighted by Gasteiger charge is -2.01. The molecule has 0 aliphatic carbocycles. The minimum absolute atomic E-state index is 0.670. The Bertz CT molecular complexity index is 257. The van der Waals surface area contributed by atoms with Gasteiger partial charge < -0.3 is 10.3 Å². The highest BCUT2D eigenvalue weighted by Crippen LogP contribution is 2.00. The first-order chi connectivity index (χ1) is 5.38. The van der Waals surface area contributed by atoms with Gasteiger partial charge in [-0.25, -0.2) is 0 Å². The third-order valence-electron chi connectivity index (χ3n) is 1.55. The Labute approximate surface area is 66.0 Å². The van der Waals surface area contributed by atoms with Crippen molar-refractivity contribution in [1.29, 1.82) is 5.26 Å². The van der Waals surface area contributed by atoms with E-state index in [4.69, 9.17) is 11.0 Å². The maximum atomic E-state index is 8.60. The highest BCUT2D eigenvalue weighted by atomic mass is 15.0. The van der Waals surface area contributed by atoms with Crippen LogP contribution < -0.4 is 5.73 Å². The van der Waals surface area contributed by atoms with Crippen molar-refractivity contribution in [2.24, 2.45) is 5.73 Å². The molecule has 2 N–H and O–H groups in total. The van der Waals surface area contributed by atoms with Crippen molar-refractivity contribution in [3.8, 4) is 6.07 Å². The molecule has 1 rings (SSSR count). The van der Waals surface area contributed by atoms with Crippen LogP contribution in [0.25, 0.3) is 0 Å². The normalized spacial score (nSPS) is 9.45. The number of aryl methyl sites for hydroxylation is 1. The maximum Gasteiger partial charge on any atom is 0.120 e. The quantitative estimate of drug-likeness (QED) is 0.688. The third kappa shape index (κ3) is 1.82. The van der Waals surface area contributed by atoms with Crippen molar-refractivity contribution >= 4 is 0 Å². The standard InChI is InChI=1S/C8H11N3/c9-4-2-6-11-5-1-3-8(11)7-10/h1,3,5H,2,4,6,9H2. The van der Waals surface area contributed by atoms with Gasteiger partial charge in [0.05, 0.1) is 0 Å². The van der Waals surface area contributed by atoms with Crippen molar-refractivity contribution in [1.82, 2.24) is 4.57 Å². The van der Waals surface area contributed by atoms with Crippen LogP contribution in [-0.2, 0) is 6.54 Å². The number of aromatic nitrogens is 1. The van der Waals surface area contributed by atoms with Gasteiger partial charge in [0.25, 0.3) is 0 Å². The van der Waals surface area contributed by atoms with Crippen LogP contribution in [-0.4, -0.2) is 11.1 Å². The van der Waals surface area contributed by atoms with Crippen LogP contribution in [0.15, 0.2) is 18.3 Å². The minimum Gasteiger partial charge on any atom is -0.339 e. The fourth-order valence-electron chi connectivity index (χ4n) is 0.972. The molecule has 1 aromatic heterocycles. The molecule has 0 unspecified atom stereocenters. The van der Waals surface area contributed by atoms with E-state index in [0.29, 0.717) is 12.2 Å². The number of rotatable bonds is 3. The Morgan fingerprint density at radius 3 is 3.09 bits per heavy atom. The number of nitrogens with zero attached hydrogens (tertiary/aromatic N) is 2. The average Bonchev–Trinajstić information content (AvgIpc) is 2.47. The van der Waals surface area contributed by atoms with Gasteiger partial charge in [0.1, 0.15) is 11.8 Å². The third-order valence-corrected chi connectivity index (χ3v) is 1.55. The number of hydrogen-bond donors (Lipinski definition) is 1. The molecule has 0 bridgehead atoms. The van der Waals surface area contributed by atoms with Crippen LogP contribution in [0.4, 0.5) is 0 Å². The molecule has 0 saturated heterocycles. The summed E-state index contributed by atoms with van der Waals surface area (Å²) in [5, 5.41) is 8.60. The summed E-state index contributed by atoms with van der Waals surface area (Å²) in [6.45, 7) is 1.51. The lowest BCUT2D eigenvalue weighted by atomic mass is 10.4. The molecule has 0 aromatic carbocycles. The van der Waals surface area contributed by atoms with Crippen molar-refractivity contribution in [3.05, 3.63) is 24.0 Å². The molecule has 0 spiro atoms. The predicted molar refractivity (Wildman–Crippen MR) is 42.8 cm³/mol. The lowest BCUT2D eigenvalue weighted by molar-refractivity contribution is 0.648. The van der Waals surface area contributed by atoms with E-state index in [1.165, 1.54) is 0 Å². The molecule has 11 heavy (non-hydrogen) atoms. The van der Waals surface area contributed by atoms with E-state index in [1.807, 2.05) is 16.8 Å². The van der Waals surface area contributed by atoms with E-state index in [0.717, 1.165) is 13.0 Å². The fourth-order valence-corrected chi connectivity index (χ4v) is 0.972. The van der Waals surface area contributed by atoms with Crippen molar-refractivity contribution in [2.75, 3.05) is 6.54 Å². The van der Waals surface area contributed by atoms with E-state index in [2.05, 4.69) is 6.07 Å². The topological polar surface area (TPSA) is 54.7 Å². The molecule has 0 radical (unpaired) electrons. The summed E-state index contributed by atoms with van der Waals surface area (Å²) < 4.78 is 1.91. The molecule has 0 aliphatic heterocycles. The fraction of sp³-hybridized carbons (Fsp3) is 0.375. The molecular formula is C8H11N3. The first kappa shape index (κ1) is 7.83. The van der Waals surface area contributed by atoms with Crippen LogP contribution in [0.3, 0.4) is 0 Å². The summed E-state index contributed by atoms with van der Waals surface area (Å²) in [7, 11) is 0. The van der Waals surface area contributed by atoms with E-state index in [1.54, 1.807) is 6.07 Å². The zero-order valence-corrected chi connectivity index (χ0v) is 6.33. The van der Waals surface area contributed by atoms with Crippen molar-refractivity contribution in [3.63, 3.8) is 0 Å². The molecule has 0 saturated carbocycles. The Morgan fingerprint density at radius 1 is 1.64 bits per heavy atom. The SMILES string of the molecule is N#Cc1cccn1CCCN. The van der Waals surface area contributed by atoms with E-state index >= 15 is 0 Å². The summed E-state index contributed by atoms with van der Waals surface area (Å²) in [5.74, 6) is 0. The molecule has 1 heterocycles. The highest BCUT2D eigenvalue weighted by molar-refractivity contribution is 5.21. The van der Waals surface area contributed by atoms with Crippen LogP contribution in [0.5, 0.6) is 0 Å². The lowest BCUT2D eigenvalue weighted by Crippen LogP contribution is -2.05. The highest BCUT2D eigenvalue weighted by Gasteiger charge is 1.96. The largest absolute Gasteiger partial charge is 0.339 e. The second-order valence-electron chi connectivity index (χ2n) is 2.34. The Kier molecular flexibility index (Phi) is 2.70. The van der Waals surface area contributed by atoms with Gasteiger partial charge in [0.15, 0.2) is 0 Å². The Balaban J connectivity index is 2.63. The molecule has 0 fully saturated rings. The Morgan fingerprint density at radius 2 is 2.45 bits per heavy atom. The van der Waals surface area contributed by atoms with Gasteiger partial charge in [0.2, 0.25) is 0 Å². The molecule has 3 heteroatoms. The van der Waals surface area contributed by atoms with Crippen LogP contribution in [0.2, 0.25) is 0 Å². The summed E-state index contributed by atoms with van der Waals surface area (Å²) in [6.07, 6.45) is 2.82. The van der Waals surface area contributed by atoms with Gasteiger partial charge in [0, 0.05) is 12.7 Å². The van der Waals surface area contributed by atoms with Gasteiger partial charge >= 0.3 is 0 Å². The molecular weight excluding hydrogens is 138 g/mol. The predicted octanol–water partition coefficient (Wildman–Crippen LogP) is 0.709. The molecule has 3 nitrogen and oxygen atoms in total. The van der Waals surface area contributed by atoms with Gasteiger partial charge in [-0.3, -0.25) is 0 Å². The number of nitrogens with two attached hydrogens (primary N) is 1. The molecule has 58 valence electrons. The smallest absolute Gasteiger partial charge is 0.120 e. The number of hydrogen-bond acceptors (Lipinski definition) is 2. The molecule has 0 atom stereocenters. The average molecular weight is 149 g/mol. The second-order valence-corrected chi connectivity index (χ2v) is 2.34. The van der Waals surface area contributed by atoms with E-state index in [9.17, 15) is 0 Å². The first-order valence-corrected chi connectivity index (χ1v) is 3.64. The van der Waals surface area contributed by atoms with Gasteiger partial charge in [-0.05, 0) is 25.1 Å². The monoisotopic (exact) mass is 149 g/mol. The number of nitriles is 1. The maximum absolute atomic E-state index is 8.60. The molecule has 1 aromatic rings. The minimum atomic E-state index is 0.670. The summed E-state index contributed by atoms with van der Waals surface area (Å²) in [5.41, 5.74) is 6.05. The second kappa shape index (κ2) is 3.79. The van der Waals surface area contributed by atoms with Crippen molar-refractivity contribution in [2.45, 2.75) is 13.0 Å². The Hall–Kier alpha value is -1.27. The van der Waals surface area contributed by atoms with Gasteiger partial charge in [-0.1, -0.05) is 0 Å². The summed E-state index contributed by atoms with van der Waals surface area (Å²) in [4.78, 5) is 0. The zero-order chi connectivity index (χ0) is 8.10. The van der Waals surface area contributed by atoms with Crippen molar-refractivity contribution < 1.29 is 0 Å². The van der Waals surface area contributed by atoms with Crippen LogP contribution >= 0.6 is 0 Å². The van der Waals surface area contributed by atoms with E-state index in [-0.39, 0.29) is 0 Å². The van der Waals surface area contributed by atoms with Gasteiger partial charge in [-0.2, -0.15) is 5.26 Å². The molecule has 0 aliphatic rings. The van der Waals surface area contributed by atoms with Gasteiger partial charge in [-0.15, -0.1) is 0 Å². The summed E-state index contributed by atoms with van der Waals surface area (Å²) in [6, 6.07) is 5.78. The molecule has 0 amide bonds. The first-order valence-electron chi connectivity index (χ1n) is 3.64. The van der Waals surface area contributed by atoms with Crippen LogP contribution in [0, 0.1) is 11.3 Å².